The number of rotatable bonds is 5. The van der Waals surface area contributed by atoms with Gasteiger partial charge in [0.05, 0.1) is 0 Å². The molecule has 0 aromatic heterocycles. The number of piperidine rings is 1. The fourth-order valence-corrected chi connectivity index (χ4v) is 4.13. The first-order chi connectivity index (χ1) is 9.19. The van der Waals surface area contributed by atoms with Gasteiger partial charge in [0.2, 0.25) is 0 Å². The minimum atomic E-state index is 0.605. The molecule has 3 heteroatoms. The molecule has 2 aliphatic rings. The van der Waals surface area contributed by atoms with E-state index < -0.39 is 0 Å². The lowest BCUT2D eigenvalue weighted by Crippen LogP contribution is -2.55. The molecule has 0 spiro atoms. The van der Waals surface area contributed by atoms with Gasteiger partial charge in [0.25, 0.3) is 0 Å². The number of nitrogens with zero attached hydrogens (tertiary/aromatic N) is 2. The summed E-state index contributed by atoms with van der Waals surface area (Å²) in [6, 6.07) is 0.735. The van der Waals surface area contributed by atoms with E-state index in [0.29, 0.717) is 5.41 Å². The lowest BCUT2D eigenvalue weighted by atomic mass is 9.75. The van der Waals surface area contributed by atoms with Crippen molar-refractivity contribution in [2.75, 3.05) is 45.8 Å². The molecule has 0 aromatic rings. The van der Waals surface area contributed by atoms with Crippen LogP contribution in [-0.2, 0) is 0 Å². The molecule has 3 nitrogen and oxygen atoms in total. The highest BCUT2D eigenvalue weighted by atomic mass is 15.3. The average Bonchev–Trinajstić information content (AvgIpc) is 2.40. The number of likely N-dealkylation sites (N-methyl/N-ethyl adjacent to an activating group) is 1. The van der Waals surface area contributed by atoms with Crippen molar-refractivity contribution < 1.29 is 0 Å². The molecule has 2 heterocycles. The highest BCUT2D eigenvalue weighted by Crippen LogP contribution is 2.35. The molecule has 2 saturated heterocycles. The van der Waals surface area contributed by atoms with Gasteiger partial charge in [-0.05, 0) is 51.2 Å². The fourth-order valence-electron chi connectivity index (χ4n) is 4.13. The Morgan fingerprint density at radius 1 is 1.16 bits per heavy atom. The second-order valence-electron chi connectivity index (χ2n) is 6.71. The van der Waals surface area contributed by atoms with E-state index in [4.69, 9.17) is 0 Å². The summed E-state index contributed by atoms with van der Waals surface area (Å²) in [5, 5.41) is 3.53. The maximum atomic E-state index is 3.53. The Hall–Kier alpha value is -0.120. The van der Waals surface area contributed by atoms with Crippen LogP contribution in [0.1, 0.15) is 46.5 Å². The summed E-state index contributed by atoms with van der Waals surface area (Å²) >= 11 is 0. The third-order valence-corrected chi connectivity index (χ3v) is 5.26. The summed E-state index contributed by atoms with van der Waals surface area (Å²) in [6.07, 6.45) is 5.51. The Labute approximate surface area is 119 Å². The van der Waals surface area contributed by atoms with Crippen molar-refractivity contribution in [1.29, 1.82) is 0 Å². The molecule has 2 fully saturated rings. The summed E-state index contributed by atoms with van der Waals surface area (Å²) in [5.74, 6) is 0. The third kappa shape index (κ3) is 3.93. The second kappa shape index (κ2) is 7.05. The van der Waals surface area contributed by atoms with Crippen LogP contribution in [0.15, 0.2) is 0 Å². The molecule has 1 unspecified atom stereocenters. The van der Waals surface area contributed by atoms with Crippen LogP contribution in [0.3, 0.4) is 0 Å². The maximum Gasteiger partial charge on any atom is 0.0195 e. The molecule has 1 N–H and O–H groups in total. The van der Waals surface area contributed by atoms with Crippen molar-refractivity contribution in [3.8, 4) is 0 Å². The predicted octanol–water partition coefficient (Wildman–Crippen LogP) is 2.18. The van der Waals surface area contributed by atoms with Gasteiger partial charge in [-0.3, -0.25) is 9.80 Å². The standard InChI is InChI=1S/C16H33N3/c1-4-6-16(7-9-17-10-8-16)14-18-11-12-19(5-2)15(3)13-18/h15,17H,4-14H2,1-3H3. The Balaban J connectivity index is 1.90. The fraction of sp³-hybridized carbons (Fsp3) is 1.00. The van der Waals surface area contributed by atoms with E-state index in [1.807, 2.05) is 0 Å². The molecule has 2 aliphatic heterocycles. The van der Waals surface area contributed by atoms with Gasteiger partial charge in [-0.25, -0.2) is 0 Å². The summed E-state index contributed by atoms with van der Waals surface area (Å²) in [7, 11) is 0. The highest BCUT2D eigenvalue weighted by molar-refractivity contribution is 4.89. The van der Waals surface area contributed by atoms with Crippen LogP contribution in [0.5, 0.6) is 0 Å². The van der Waals surface area contributed by atoms with Gasteiger partial charge in [-0.15, -0.1) is 0 Å². The lowest BCUT2D eigenvalue weighted by Gasteiger charge is -2.46. The zero-order valence-electron chi connectivity index (χ0n) is 13.2. The van der Waals surface area contributed by atoms with Crippen molar-refractivity contribution in [2.45, 2.75) is 52.5 Å². The number of hydrogen-bond donors (Lipinski definition) is 1. The van der Waals surface area contributed by atoms with Crippen LogP contribution in [0.4, 0.5) is 0 Å². The number of hydrogen-bond acceptors (Lipinski definition) is 3. The molecular weight excluding hydrogens is 234 g/mol. The van der Waals surface area contributed by atoms with E-state index in [0.717, 1.165) is 6.04 Å². The van der Waals surface area contributed by atoms with E-state index in [2.05, 4.69) is 35.9 Å². The topological polar surface area (TPSA) is 18.5 Å². The van der Waals surface area contributed by atoms with Gasteiger partial charge in [-0.1, -0.05) is 20.3 Å². The van der Waals surface area contributed by atoms with Crippen molar-refractivity contribution in [3.05, 3.63) is 0 Å². The first kappa shape index (κ1) is 15.3. The van der Waals surface area contributed by atoms with Crippen molar-refractivity contribution in [3.63, 3.8) is 0 Å². The average molecular weight is 267 g/mol. The smallest absolute Gasteiger partial charge is 0.0195 e. The molecule has 0 amide bonds. The second-order valence-corrected chi connectivity index (χ2v) is 6.71. The van der Waals surface area contributed by atoms with Crippen LogP contribution in [0.25, 0.3) is 0 Å². The Morgan fingerprint density at radius 3 is 2.47 bits per heavy atom. The zero-order chi connectivity index (χ0) is 13.7. The molecule has 0 bridgehead atoms. The first-order valence-electron chi connectivity index (χ1n) is 8.36. The minimum absolute atomic E-state index is 0.605. The molecule has 1 atom stereocenters. The molecule has 19 heavy (non-hydrogen) atoms. The molecule has 0 aromatic carbocycles. The van der Waals surface area contributed by atoms with Crippen LogP contribution in [0.2, 0.25) is 0 Å². The summed E-state index contributed by atoms with van der Waals surface area (Å²) in [6.45, 7) is 15.8. The van der Waals surface area contributed by atoms with Gasteiger partial charge in [0.1, 0.15) is 0 Å². The Morgan fingerprint density at radius 2 is 1.89 bits per heavy atom. The van der Waals surface area contributed by atoms with Gasteiger partial charge in [0.15, 0.2) is 0 Å². The SMILES string of the molecule is CCCC1(CN2CCN(CC)C(C)C2)CCNCC1. The normalized spacial score (nSPS) is 29.5. The van der Waals surface area contributed by atoms with Crippen molar-refractivity contribution in [1.82, 2.24) is 15.1 Å². The van der Waals surface area contributed by atoms with E-state index >= 15 is 0 Å². The van der Waals surface area contributed by atoms with Crippen LogP contribution in [0, 0.1) is 5.41 Å². The minimum Gasteiger partial charge on any atom is -0.317 e. The molecule has 0 saturated carbocycles. The molecule has 2 rings (SSSR count). The van der Waals surface area contributed by atoms with Gasteiger partial charge >= 0.3 is 0 Å². The monoisotopic (exact) mass is 267 g/mol. The summed E-state index contributed by atoms with van der Waals surface area (Å²) in [5.41, 5.74) is 0.605. The molecule has 0 radical (unpaired) electrons. The van der Waals surface area contributed by atoms with Gasteiger partial charge < -0.3 is 5.32 Å². The molecule has 112 valence electrons. The predicted molar refractivity (Wildman–Crippen MR) is 82.6 cm³/mol. The van der Waals surface area contributed by atoms with Gasteiger partial charge in [0, 0.05) is 32.2 Å². The van der Waals surface area contributed by atoms with E-state index in [1.54, 1.807) is 0 Å². The van der Waals surface area contributed by atoms with Crippen molar-refractivity contribution in [2.24, 2.45) is 5.41 Å². The Kier molecular flexibility index (Phi) is 5.67. The van der Waals surface area contributed by atoms with Crippen LogP contribution in [-0.4, -0.2) is 61.7 Å². The number of piperazine rings is 1. The summed E-state index contributed by atoms with van der Waals surface area (Å²) in [4.78, 5) is 5.36. The number of nitrogens with one attached hydrogen (secondary N) is 1. The maximum absolute atomic E-state index is 3.53. The third-order valence-electron chi connectivity index (χ3n) is 5.26. The molecule has 0 aliphatic carbocycles. The quantitative estimate of drug-likeness (QED) is 0.824. The highest BCUT2D eigenvalue weighted by Gasteiger charge is 2.34. The van der Waals surface area contributed by atoms with Gasteiger partial charge in [-0.2, -0.15) is 0 Å². The zero-order valence-corrected chi connectivity index (χ0v) is 13.2. The van der Waals surface area contributed by atoms with Crippen molar-refractivity contribution >= 4 is 0 Å². The van der Waals surface area contributed by atoms with Crippen LogP contribution >= 0.6 is 0 Å². The molecular formula is C16H33N3. The van der Waals surface area contributed by atoms with E-state index in [9.17, 15) is 0 Å². The first-order valence-corrected chi connectivity index (χ1v) is 8.36. The van der Waals surface area contributed by atoms with Crippen LogP contribution < -0.4 is 5.32 Å². The van der Waals surface area contributed by atoms with E-state index in [-0.39, 0.29) is 0 Å². The Bertz CT molecular complexity index is 255. The lowest BCUT2D eigenvalue weighted by molar-refractivity contribution is 0.0373. The largest absolute Gasteiger partial charge is 0.317 e. The van der Waals surface area contributed by atoms with E-state index in [1.165, 1.54) is 71.5 Å². The summed E-state index contributed by atoms with van der Waals surface area (Å²) < 4.78 is 0.